The first-order valence-electron chi connectivity index (χ1n) is 9.54. The predicted octanol–water partition coefficient (Wildman–Crippen LogP) is 3.81. The van der Waals surface area contributed by atoms with Crippen molar-refractivity contribution in [1.29, 1.82) is 0 Å². The summed E-state index contributed by atoms with van der Waals surface area (Å²) < 4.78 is 10.6. The lowest BCUT2D eigenvalue weighted by Gasteiger charge is -2.32. The summed E-state index contributed by atoms with van der Waals surface area (Å²) in [7, 11) is 1.12. The number of oxazole rings is 1. The first-order valence-corrected chi connectivity index (χ1v) is 9.54. The van der Waals surface area contributed by atoms with E-state index in [-0.39, 0.29) is 17.2 Å². The van der Waals surface area contributed by atoms with Crippen molar-refractivity contribution in [2.24, 2.45) is 0 Å². The molecule has 0 saturated carbocycles. The van der Waals surface area contributed by atoms with Crippen LogP contribution in [0.3, 0.4) is 0 Å². The molecule has 0 radical (unpaired) electrons. The lowest BCUT2D eigenvalue weighted by Crippen LogP contribution is -2.34. The molecule has 2 heterocycles. The van der Waals surface area contributed by atoms with Gasteiger partial charge in [-0.1, -0.05) is 12.1 Å². The number of carbonyl (C=O) groups excluding carboxylic acids is 1. The van der Waals surface area contributed by atoms with Gasteiger partial charge in [0.2, 0.25) is 0 Å². The van der Waals surface area contributed by atoms with Gasteiger partial charge in [-0.2, -0.15) is 0 Å². The average molecular weight is 426 g/mol. The van der Waals surface area contributed by atoms with Crippen molar-refractivity contribution in [3.63, 3.8) is 0 Å². The summed E-state index contributed by atoms with van der Waals surface area (Å²) in [4.78, 5) is 39.9. The molecule has 11 heteroatoms. The molecule has 31 heavy (non-hydrogen) atoms. The van der Waals surface area contributed by atoms with Crippen LogP contribution in [-0.2, 0) is 4.74 Å². The number of aromatic nitrogens is 1. The zero-order valence-corrected chi connectivity index (χ0v) is 16.5. The van der Waals surface area contributed by atoms with Gasteiger partial charge in [-0.3, -0.25) is 20.2 Å². The number of para-hydroxylation sites is 2. The largest absolute Gasteiger partial charge is 0.465 e. The zero-order chi connectivity index (χ0) is 22.1. The number of nitro benzene ring substituents is 2. The first kappa shape index (κ1) is 20.3. The number of piperidine rings is 1. The van der Waals surface area contributed by atoms with Gasteiger partial charge in [0.1, 0.15) is 11.2 Å². The van der Waals surface area contributed by atoms with Crippen molar-refractivity contribution in [2.45, 2.75) is 18.8 Å². The van der Waals surface area contributed by atoms with Crippen molar-refractivity contribution in [3.05, 3.63) is 68.1 Å². The van der Waals surface area contributed by atoms with Crippen LogP contribution in [0, 0.1) is 20.2 Å². The fourth-order valence-electron chi connectivity index (χ4n) is 3.86. The highest BCUT2D eigenvalue weighted by molar-refractivity contribution is 5.99. The second-order valence-corrected chi connectivity index (χ2v) is 7.15. The molecule has 0 amide bonds. The molecule has 0 aliphatic carbocycles. The van der Waals surface area contributed by atoms with Crippen LogP contribution in [0.4, 0.5) is 17.1 Å². The van der Waals surface area contributed by atoms with Gasteiger partial charge in [-0.15, -0.1) is 0 Å². The standard InChI is InChI=1S/C20H18N4O7/c1-30-20(25)14-10-13(23(26)27)11-16(24(28)29)18(14)22-8-6-12(7-9-22)19-21-15-4-2-3-5-17(15)31-19/h2-5,10-12H,6-9H2,1H3. The van der Waals surface area contributed by atoms with E-state index in [4.69, 9.17) is 9.15 Å². The molecular formula is C20H18N4O7. The number of nitro groups is 2. The van der Waals surface area contributed by atoms with Crippen LogP contribution >= 0.6 is 0 Å². The Labute approximate surface area is 175 Å². The summed E-state index contributed by atoms with van der Waals surface area (Å²) in [5.41, 5.74) is 0.229. The highest BCUT2D eigenvalue weighted by Crippen LogP contribution is 2.40. The van der Waals surface area contributed by atoms with Gasteiger partial charge < -0.3 is 14.1 Å². The predicted molar refractivity (Wildman–Crippen MR) is 109 cm³/mol. The second kappa shape index (κ2) is 8.01. The minimum atomic E-state index is -0.872. The van der Waals surface area contributed by atoms with Crippen molar-refractivity contribution in [3.8, 4) is 0 Å². The number of benzene rings is 2. The monoisotopic (exact) mass is 426 g/mol. The SMILES string of the molecule is COC(=O)c1cc([N+](=O)[O-])cc([N+](=O)[O-])c1N1CCC(c2nc3ccccc3o2)CC1. The molecule has 1 aliphatic heterocycles. The van der Waals surface area contributed by atoms with Crippen LogP contribution in [-0.4, -0.2) is 41.0 Å². The number of ether oxygens (including phenoxy) is 1. The number of hydrogen-bond acceptors (Lipinski definition) is 9. The Kier molecular flexibility index (Phi) is 5.24. The molecule has 11 nitrogen and oxygen atoms in total. The van der Waals surface area contributed by atoms with Crippen LogP contribution in [0.25, 0.3) is 11.1 Å². The van der Waals surface area contributed by atoms with Crippen molar-refractivity contribution < 1.29 is 23.8 Å². The third-order valence-corrected chi connectivity index (χ3v) is 5.36. The molecule has 160 valence electrons. The summed E-state index contributed by atoms with van der Waals surface area (Å²) in [5.74, 6) is -0.252. The van der Waals surface area contributed by atoms with Crippen LogP contribution in [0.15, 0.2) is 40.8 Å². The molecule has 1 aromatic heterocycles. The van der Waals surface area contributed by atoms with E-state index in [0.29, 0.717) is 37.4 Å². The lowest BCUT2D eigenvalue weighted by atomic mass is 9.95. The third kappa shape index (κ3) is 3.77. The number of hydrogen-bond donors (Lipinski definition) is 0. The topological polar surface area (TPSA) is 142 Å². The third-order valence-electron chi connectivity index (χ3n) is 5.36. The number of anilines is 1. The van der Waals surface area contributed by atoms with Crippen molar-refractivity contribution >= 4 is 34.1 Å². The van der Waals surface area contributed by atoms with Gasteiger partial charge in [0.15, 0.2) is 11.5 Å². The van der Waals surface area contributed by atoms with Crippen molar-refractivity contribution in [2.75, 3.05) is 25.1 Å². The number of rotatable bonds is 5. The molecule has 4 rings (SSSR count). The fraction of sp³-hybridized carbons (Fsp3) is 0.300. The Morgan fingerprint density at radius 2 is 1.87 bits per heavy atom. The van der Waals surface area contributed by atoms with E-state index in [1.165, 1.54) is 0 Å². The quantitative estimate of drug-likeness (QED) is 0.338. The Morgan fingerprint density at radius 3 is 2.48 bits per heavy atom. The lowest BCUT2D eigenvalue weighted by molar-refractivity contribution is -0.393. The molecule has 1 aliphatic rings. The number of non-ortho nitro benzene ring substituents is 1. The average Bonchev–Trinajstić information content (AvgIpc) is 3.22. The highest BCUT2D eigenvalue weighted by atomic mass is 16.6. The number of esters is 1. The van der Waals surface area contributed by atoms with Crippen molar-refractivity contribution in [1.82, 2.24) is 4.98 Å². The van der Waals surface area contributed by atoms with Gasteiger partial charge in [-0.25, -0.2) is 9.78 Å². The number of nitrogens with zero attached hydrogens (tertiary/aromatic N) is 4. The summed E-state index contributed by atoms with van der Waals surface area (Å²) in [6, 6.07) is 9.32. The summed E-state index contributed by atoms with van der Waals surface area (Å²) >= 11 is 0. The van der Waals surface area contributed by atoms with Crippen LogP contribution in [0.2, 0.25) is 0 Å². The van der Waals surface area contributed by atoms with Gasteiger partial charge in [0, 0.05) is 25.1 Å². The van der Waals surface area contributed by atoms with Gasteiger partial charge in [0.25, 0.3) is 11.4 Å². The number of fused-ring (bicyclic) bond motifs is 1. The van der Waals surface area contributed by atoms with E-state index < -0.39 is 27.2 Å². The maximum absolute atomic E-state index is 12.3. The Balaban J connectivity index is 1.66. The molecule has 0 atom stereocenters. The van der Waals surface area contributed by atoms with E-state index in [2.05, 4.69) is 4.98 Å². The van der Waals surface area contributed by atoms with Crippen LogP contribution < -0.4 is 4.90 Å². The van der Waals surface area contributed by atoms with E-state index in [9.17, 15) is 25.0 Å². The summed E-state index contributed by atoms with van der Waals surface area (Å²) in [5, 5.41) is 22.9. The first-order chi connectivity index (χ1) is 14.9. The maximum atomic E-state index is 12.3. The van der Waals surface area contributed by atoms with Gasteiger partial charge in [-0.05, 0) is 25.0 Å². The van der Waals surface area contributed by atoms with Gasteiger partial charge in [0.05, 0.1) is 28.6 Å². The van der Waals surface area contributed by atoms with E-state index in [0.717, 1.165) is 24.8 Å². The Bertz CT molecular complexity index is 1150. The normalized spacial score (nSPS) is 14.5. The molecule has 0 N–H and O–H groups in total. The summed E-state index contributed by atoms with van der Waals surface area (Å²) in [6.45, 7) is 0.762. The second-order valence-electron chi connectivity index (χ2n) is 7.15. The fourth-order valence-corrected chi connectivity index (χ4v) is 3.86. The molecule has 0 unspecified atom stereocenters. The molecule has 1 saturated heterocycles. The van der Waals surface area contributed by atoms with E-state index in [1.807, 2.05) is 24.3 Å². The van der Waals surface area contributed by atoms with E-state index in [1.54, 1.807) is 4.90 Å². The molecule has 0 bridgehead atoms. The zero-order valence-electron chi connectivity index (χ0n) is 16.5. The van der Waals surface area contributed by atoms with Crippen LogP contribution in [0.1, 0.15) is 35.0 Å². The van der Waals surface area contributed by atoms with Gasteiger partial charge >= 0.3 is 5.97 Å². The summed E-state index contributed by atoms with van der Waals surface area (Å²) in [6.07, 6.45) is 1.17. The Hall–Kier alpha value is -4.02. The minimum Gasteiger partial charge on any atom is -0.465 e. The van der Waals surface area contributed by atoms with Crippen LogP contribution in [0.5, 0.6) is 0 Å². The smallest absolute Gasteiger partial charge is 0.340 e. The molecule has 1 fully saturated rings. The highest BCUT2D eigenvalue weighted by Gasteiger charge is 2.34. The maximum Gasteiger partial charge on any atom is 0.340 e. The molecule has 3 aromatic rings. The number of methoxy groups -OCH3 is 1. The molecular weight excluding hydrogens is 408 g/mol. The number of carbonyl (C=O) groups is 1. The Morgan fingerprint density at radius 1 is 1.16 bits per heavy atom. The minimum absolute atomic E-state index is 0.0160. The molecule has 2 aromatic carbocycles. The van der Waals surface area contributed by atoms with E-state index >= 15 is 0 Å². The molecule has 0 spiro atoms.